The zero-order valence-electron chi connectivity index (χ0n) is 11.1. The van der Waals surface area contributed by atoms with Gasteiger partial charge in [0.25, 0.3) is 0 Å². The van der Waals surface area contributed by atoms with Gasteiger partial charge in [0.05, 0.1) is 6.54 Å². The highest BCUT2D eigenvalue weighted by atomic mass is 15.1. The second-order valence-corrected chi connectivity index (χ2v) is 5.07. The summed E-state index contributed by atoms with van der Waals surface area (Å²) in [6.07, 6.45) is 6.31. The van der Waals surface area contributed by atoms with E-state index in [9.17, 15) is 0 Å². The van der Waals surface area contributed by atoms with Gasteiger partial charge in [-0.15, -0.1) is 0 Å². The van der Waals surface area contributed by atoms with Crippen molar-refractivity contribution in [1.29, 1.82) is 0 Å². The average Bonchev–Trinajstić information content (AvgIpc) is 3.10. The van der Waals surface area contributed by atoms with Crippen LogP contribution < -0.4 is 5.32 Å². The lowest BCUT2D eigenvalue weighted by Crippen LogP contribution is -2.18. The van der Waals surface area contributed by atoms with Crippen molar-refractivity contribution in [3.05, 3.63) is 48.0 Å². The second-order valence-electron chi connectivity index (χ2n) is 5.07. The maximum absolute atomic E-state index is 4.21. The molecule has 0 saturated carbocycles. The normalized spacial score (nSPS) is 15.8. The molecule has 0 atom stereocenters. The molecule has 1 aromatic carbocycles. The molecule has 0 aliphatic carbocycles. The number of nitrogens with one attached hydrogen (secondary N) is 2. The van der Waals surface area contributed by atoms with Crippen LogP contribution >= 0.6 is 0 Å². The molecule has 0 spiro atoms. The Morgan fingerprint density at radius 1 is 1.26 bits per heavy atom. The van der Waals surface area contributed by atoms with Crippen LogP contribution in [-0.4, -0.2) is 28.0 Å². The van der Waals surface area contributed by atoms with E-state index in [-0.39, 0.29) is 0 Å². The molecule has 4 heteroatoms. The maximum Gasteiger partial charge on any atom is 0.125 e. The Labute approximate surface area is 113 Å². The van der Waals surface area contributed by atoms with Gasteiger partial charge in [0.15, 0.2) is 0 Å². The van der Waals surface area contributed by atoms with Gasteiger partial charge in [-0.3, -0.25) is 4.90 Å². The van der Waals surface area contributed by atoms with Crippen LogP contribution in [0.2, 0.25) is 0 Å². The third kappa shape index (κ3) is 3.35. The highest BCUT2D eigenvalue weighted by molar-refractivity contribution is 5.45. The second kappa shape index (κ2) is 5.89. The molecule has 1 aliphatic rings. The zero-order valence-corrected chi connectivity index (χ0v) is 11.1. The molecule has 2 N–H and O–H groups in total. The minimum Gasteiger partial charge on any atom is -0.378 e. The van der Waals surface area contributed by atoms with Gasteiger partial charge in [-0.1, -0.05) is 12.1 Å². The SMILES string of the molecule is c1cc(CN2CCCC2)cc(NCc2ncc[nH]2)c1. The van der Waals surface area contributed by atoms with Crippen molar-refractivity contribution >= 4 is 5.69 Å². The molecule has 1 aliphatic heterocycles. The van der Waals surface area contributed by atoms with Gasteiger partial charge < -0.3 is 10.3 Å². The predicted molar refractivity (Wildman–Crippen MR) is 76.9 cm³/mol. The Morgan fingerprint density at radius 3 is 2.95 bits per heavy atom. The highest BCUT2D eigenvalue weighted by Crippen LogP contribution is 2.16. The standard InChI is InChI=1S/C15H20N4/c1-2-9-19(8-1)12-13-4-3-5-14(10-13)18-11-15-16-6-7-17-15/h3-7,10,18H,1-2,8-9,11-12H2,(H,16,17). The van der Waals surface area contributed by atoms with Crippen molar-refractivity contribution in [2.45, 2.75) is 25.9 Å². The summed E-state index contributed by atoms with van der Waals surface area (Å²) in [5.41, 5.74) is 2.54. The fraction of sp³-hybridized carbons (Fsp3) is 0.400. The van der Waals surface area contributed by atoms with Gasteiger partial charge >= 0.3 is 0 Å². The first-order valence-corrected chi connectivity index (χ1v) is 6.93. The van der Waals surface area contributed by atoms with Gasteiger partial charge in [-0.25, -0.2) is 4.98 Å². The molecule has 0 radical (unpaired) electrons. The molecular weight excluding hydrogens is 236 g/mol. The van der Waals surface area contributed by atoms with E-state index in [2.05, 4.69) is 44.5 Å². The van der Waals surface area contributed by atoms with E-state index >= 15 is 0 Å². The summed E-state index contributed by atoms with van der Waals surface area (Å²) in [6.45, 7) is 4.28. The zero-order chi connectivity index (χ0) is 12.9. The number of anilines is 1. The van der Waals surface area contributed by atoms with E-state index in [1.54, 1.807) is 6.20 Å². The van der Waals surface area contributed by atoms with Crippen molar-refractivity contribution in [3.8, 4) is 0 Å². The lowest BCUT2D eigenvalue weighted by atomic mass is 10.2. The number of rotatable bonds is 5. The molecule has 0 amide bonds. The van der Waals surface area contributed by atoms with Crippen LogP contribution in [0.4, 0.5) is 5.69 Å². The van der Waals surface area contributed by atoms with Gasteiger partial charge in [-0.05, 0) is 43.6 Å². The number of H-pyrrole nitrogens is 1. The number of aromatic nitrogens is 2. The van der Waals surface area contributed by atoms with Crippen LogP contribution in [0.5, 0.6) is 0 Å². The van der Waals surface area contributed by atoms with Crippen molar-refractivity contribution in [2.75, 3.05) is 18.4 Å². The van der Waals surface area contributed by atoms with Crippen LogP contribution in [0.3, 0.4) is 0 Å². The summed E-state index contributed by atoms with van der Waals surface area (Å²) in [6, 6.07) is 8.67. The average molecular weight is 256 g/mol. The Kier molecular flexibility index (Phi) is 3.79. The van der Waals surface area contributed by atoms with Crippen molar-refractivity contribution < 1.29 is 0 Å². The first-order chi connectivity index (χ1) is 9.40. The van der Waals surface area contributed by atoms with Gasteiger partial charge in [0.1, 0.15) is 5.82 Å². The molecule has 1 aromatic heterocycles. The fourth-order valence-electron chi connectivity index (χ4n) is 2.56. The Hall–Kier alpha value is -1.81. The van der Waals surface area contributed by atoms with Crippen LogP contribution in [-0.2, 0) is 13.1 Å². The molecule has 0 bridgehead atoms. The van der Waals surface area contributed by atoms with E-state index in [1.165, 1.54) is 31.5 Å². The number of imidazole rings is 1. The molecule has 1 fully saturated rings. The lowest BCUT2D eigenvalue weighted by molar-refractivity contribution is 0.331. The molecule has 100 valence electrons. The molecule has 0 unspecified atom stereocenters. The van der Waals surface area contributed by atoms with Gasteiger partial charge in [0.2, 0.25) is 0 Å². The number of aromatic amines is 1. The van der Waals surface area contributed by atoms with Crippen LogP contribution in [0.15, 0.2) is 36.7 Å². The van der Waals surface area contributed by atoms with Crippen molar-refractivity contribution in [3.63, 3.8) is 0 Å². The number of benzene rings is 1. The van der Waals surface area contributed by atoms with Crippen LogP contribution in [0, 0.1) is 0 Å². The number of hydrogen-bond donors (Lipinski definition) is 2. The topological polar surface area (TPSA) is 44.0 Å². The molecule has 4 nitrogen and oxygen atoms in total. The molecule has 19 heavy (non-hydrogen) atoms. The van der Waals surface area contributed by atoms with Crippen molar-refractivity contribution in [1.82, 2.24) is 14.9 Å². The third-order valence-corrected chi connectivity index (χ3v) is 3.55. The van der Waals surface area contributed by atoms with Crippen LogP contribution in [0.1, 0.15) is 24.2 Å². The van der Waals surface area contributed by atoms with Gasteiger partial charge in [-0.2, -0.15) is 0 Å². The van der Waals surface area contributed by atoms with E-state index in [4.69, 9.17) is 0 Å². The quantitative estimate of drug-likeness (QED) is 0.864. The summed E-state index contributed by atoms with van der Waals surface area (Å²) in [5, 5.41) is 3.40. The summed E-state index contributed by atoms with van der Waals surface area (Å²) >= 11 is 0. The first-order valence-electron chi connectivity index (χ1n) is 6.93. The lowest BCUT2D eigenvalue weighted by Gasteiger charge is -2.15. The van der Waals surface area contributed by atoms with Crippen molar-refractivity contribution in [2.24, 2.45) is 0 Å². The number of likely N-dealkylation sites (tertiary alicyclic amines) is 1. The smallest absolute Gasteiger partial charge is 0.125 e. The first kappa shape index (κ1) is 12.2. The summed E-state index contributed by atoms with van der Waals surface area (Å²) in [4.78, 5) is 9.83. The van der Waals surface area contributed by atoms with Crippen LogP contribution in [0.25, 0.3) is 0 Å². The third-order valence-electron chi connectivity index (χ3n) is 3.55. The van der Waals surface area contributed by atoms with Gasteiger partial charge in [0, 0.05) is 24.6 Å². The van der Waals surface area contributed by atoms with E-state index in [0.717, 1.165) is 24.6 Å². The monoisotopic (exact) mass is 256 g/mol. The van der Waals surface area contributed by atoms with E-state index in [0.29, 0.717) is 0 Å². The fourth-order valence-corrected chi connectivity index (χ4v) is 2.56. The molecule has 2 aromatic rings. The largest absolute Gasteiger partial charge is 0.378 e. The predicted octanol–water partition coefficient (Wildman–Crippen LogP) is 2.62. The Bertz CT molecular complexity index is 501. The molecule has 1 saturated heterocycles. The van der Waals surface area contributed by atoms with E-state index < -0.39 is 0 Å². The summed E-state index contributed by atoms with van der Waals surface area (Å²) in [7, 11) is 0. The summed E-state index contributed by atoms with van der Waals surface area (Å²) in [5.74, 6) is 0.963. The number of nitrogens with zero attached hydrogens (tertiary/aromatic N) is 2. The molecule has 2 heterocycles. The maximum atomic E-state index is 4.21. The number of hydrogen-bond acceptors (Lipinski definition) is 3. The highest BCUT2D eigenvalue weighted by Gasteiger charge is 2.11. The molecule has 3 rings (SSSR count). The Balaban J connectivity index is 1.59. The minimum absolute atomic E-state index is 0.736. The molecular formula is C15H20N4. The summed E-state index contributed by atoms with van der Waals surface area (Å²) < 4.78 is 0. The van der Waals surface area contributed by atoms with E-state index in [1.807, 2.05) is 6.20 Å². The Morgan fingerprint density at radius 2 is 2.16 bits per heavy atom. The minimum atomic E-state index is 0.736.